The molecular formula is C23H19Cl2N3O4S. The van der Waals surface area contributed by atoms with Gasteiger partial charge < -0.3 is 5.32 Å². The quantitative estimate of drug-likeness (QED) is 0.555. The van der Waals surface area contributed by atoms with Gasteiger partial charge in [-0.2, -0.15) is 0 Å². The Hall–Kier alpha value is -3.07. The van der Waals surface area contributed by atoms with Gasteiger partial charge in [0.1, 0.15) is 13.1 Å². The molecule has 0 saturated carbocycles. The summed E-state index contributed by atoms with van der Waals surface area (Å²) in [5.41, 5.74) is 1.98. The Kier molecular flexibility index (Phi) is 6.34. The molecule has 0 atom stereocenters. The van der Waals surface area contributed by atoms with Crippen molar-refractivity contribution in [1.29, 1.82) is 0 Å². The first-order chi connectivity index (χ1) is 15.6. The highest BCUT2D eigenvalue weighted by Gasteiger charge is 2.32. The van der Waals surface area contributed by atoms with Gasteiger partial charge in [0.15, 0.2) is 0 Å². The molecule has 2 amide bonds. The van der Waals surface area contributed by atoms with E-state index in [1.54, 1.807) is 36.4 Å². The first-order valence-electron chi connectivity index (χ1n) is 9.90. The number of nitrogens with zero attached hydrogens (tertiary/aromatic N) is 2. The summed E-state index contributed by atoms with van der Waals surface area (Å²) in [6.07, 6.45) is 0. The molecule has 0 bridgehead atoms. The van der Waals surface area contributed by atoms with E-state index in [-0.39, 0.29) is 33.1 Å². The molecule has 1 heterocycles. The summed E-state index contributed by atoms with van der Waals surface area (Å²) in [6, 6.07) is 17.4. The molecule has 0 spiro atoms. The molecule has 0 fully saturated rings. The minimum Gasteiger partial charge on any atom is -0.323 e. The standard InChI is InChI=1S/C23H19Cl2N3O4S/c1-15-6-8-19(9-7-15)33(31,32)28(18-11-16(24)10-17(25)12-18)14-23(30)27-13-22(29)26-20-4-2-3-5-21(20)27/h2-12H,13-14H2,1H3,(H,26,29). The van der Waals surface area contributed by atoms with Crippen LogP contribution in [0.15, 0.2) is 71.6 Å². The van der Waals surface area contributed by atoms with Crippen molar-refractivity contribution in [2.75, 3.05) is 27.6 Å². The Labute approximate surface area is 201 Å². The summed E-state index contributed by atoms with van der Waals surface area (Å²) in [4.78, 5) is 26.8. The number of carbonyl (C=O) groups is 2. The zero-order valence-electron chi connectivity index (χ0n) is 17.5. The smallest absolute Gasteiger partial charge is 0.264 e. The predicted molar refractivity (Wildman–Crippen MR) is 130 cm³/mol. The molecule has 7 nitrogen and oxygen atoms in total. The average Bonchev–Trinajstić information content (AvgIpc) is 2.76. The minimum atomic E-state index is -4.16. The van der Waals surface area contributed by atoms with Crippen LogP contribution in [0, 0.1) is 6.92 Å². The number of amides is 2. The van der Waals surface area contributed by atoms with Crippen LogP contribution in [0.4, 0.5) is 17.1 Å². The zero-order valence-corrected chi connectivity index (χ0v) is 19.8. The molecule has 3 aromatic rings. The third-order valence-electron chi connectivity index (χ3n) is 5.09. The molecule has 0 saturated heterocycles. The van der Waals surface area contributed by atoms with E-state index >= 15 is 0 Å². The summed E-state index contributed by atoms with van der Waals surface area (Å²) in [5.74, 6) is -0.954. The third-order valence-corrected chi connectivity index (χ3v) is 7.32. The van der Waals surface area contributed by atoms with Crippen molar-refractivity contribution in [2.45, 2.75) is 11.8 Å². The Bertz CT molecular complexity index is 1320. The highest BCUT2D eigenvalue weighted by Crippen LogP contribution is 2.32. The second-order valence-corrected chi connectivity index (χ2v) is 10.2. The van der Waals surface area contributed by atoms with E-state index in [4.69, 9.17) is 23.2 Å². The predicted octanol–water partition coefficient (Wildman–Crippen LogP) is 4.48. The van der Waals surface area contributed by atoms with E-state index in [9.17, 15) is 18.0 Å². The summed E-state index contributed by atoms with van der Waals surface area (Å²) in [5, 5.41) is 3.14. The number of anilines is 3. The fourth-order valence-corrected chi connectivity index (χ4v) is 5.41. The van der Waals surface area contributed by atoms with Crippen molar-refractivity contribution < 1.29 is 18.0 Å². The number of fused-ring (bicyclic) bond motifs is 1. The molecule has 1 aliphatic rings. The molecule has 1 N–H and O–H groups in total. The number of halogens is 2. The van der Waals surface area contributed by atoms with Crippen LogP contribution in [0.25, 0.3) is 0 Å². The number of carbonyl (C=O) groups excluding carboxylic acids is 2. The Morgan fingerprint density at radius 3 is 2.33 bits per heavy atom. The number of aryl methyl sites for hydroxylation is 1. The summed E-state index contributed by atoms with van der Waals surface area (Å²) < 4.78 is 28.1. The molecule has 0 radical (unpaired) electrons. The normalized spacial score (nSPS) is 13.3. The van der Waals surface area contributed by atoms with Gasteiger partial charge in [0, 0.05) is 10.0 Å². The summed E-state index contributed by atoms with van der Waals surface area (Å²) in [6.45, 7) is 1.05. The summed E-state index contributed by atoms with van der Waals surface area (Å²) >= 11 is 12.3. The van der Waals surface area contributed by atoms with Gasteiger partial charge in [0.05, 0.1) is 22.0 Å². The highest BCUT2D eigenvalue weighted by atomic mass is 35.5. The fourth-order valence-electron chi connectivity index (χ4n) is 3.50. The van der Waals surface area contributed by atoms with Crippen LogP contribution in [0.2, 0.25) is 10.0 Å². The van der Waals surface area contributed by atoms with Crippen molar-refractivity contribution in [3.8, 4) is 0 Å². The van der Waals surface area contributed by atoms with Gasteiger partial charge in [-0.25, -0.2) is 8.42 Å². The zero-order chi connectivity index (χ0) is 23.8. The van der Waals surface area contributed by atoms with E-state index in [1.807, 2.05) is 6.92 Å². The van der Waals surface area contributed by atoms with Gasteiger partial charge in [-0.1, -0.05) is 53.0 Å². The molecule has 170 valence electrons. The number of rotatable bonds is 5. The van der Waals surface area contributed by atoms with E-state index in [0.717, 1.165) is 9.87 Å². The lowest BCUT2D eigenvalue weighted by molar-refractivity contribution is -0.121. The largest absolute Gasteiger partial charge is 0.323 e. The van der Waals surface area contributed by atoms with E-state index in [2.05, 4.69) is 5.32 Å². The van der Waals surface area contributed by atoms with Gasteiger partial charge in [-0.15, -0.1) is 0 Å². The Morgan fingerprint density at radius 2 is 1.67 bits per heavy atom. The first-order valence-corrected chi connectivity index (χ1v) is 12.1. The van der Waals surface area contributed by atoms with E-state index < -0.39 is 22.5 Å². The van der Waals surface area contributed by atoms with Gasteiger partial charge in [0.25, 0.3) is 10.0 Å². The van der Waals surface area contributed by atoms with Crippen molar-refractivity contribution >= 4 is 62.1 Å². The van der Waals surface area contributed by atoms with Crippen molar-refractivity contribution in [1.82, 2.24) is 0 Å². The number of hydrogen-bond acceptors (Lipinski definition) is 4. The molecule has 0 aromatic heterocycles. The second kappa shape index (κ2) is 9.05. The van der Waals surface area contributed by atoms with Crippen molar-refractivity contribution in [2.24, 2.45) is 0 Å². The summed E-state index contributed by atoms with van der Waals surface area (Å²) in [7, 11) is -4.16. The highest BCUT2D eigenvalue weighted by molar-refractivity contribution is 7.92. The maximum atomic E-state index is 13.6. The lowest BCUT2D eigenvalue weighted by Gasteiger charge is -2.32. The Morgan fingerprint density at radius 1 is 1.03 bits per heavy atom. The molecule has 33 heavy (non-hydrogen) atoms. The van der Waals surface area contributed by atoms with E-state index in [0.29, 0.717) is 11.4 Å². The third kappa shape index (κ3) is 4.83. The van der Waals surface area contributed by atoms with Gasteiger partial charge >= 0.3 is 0 Å². The molecular weight excluding hydrogens is 485 g/mol. The first kappa shape index (κ1) is 23.1. The number of benzene rings is 3. The fraction of sp³-hybridized carbons (Fsp3) is 0.130. The van der Waals surface area contributed by atoms with Crippen molar-refractivity contribution in [3.05, 3.63) is 82.3 Å². The number of para-hydroxylation sites is 2. The minimum absolute atomic E-state index is 0.00813. The number of sulfonamides is 1. The van der Waals surface area contributed by atoms with Crippen LogP contribution in [0.3, 0.4) is 0 Å². The van der Waals surface area contributed by atoms with Crippen LogP contribution in [0.1, 0.15) is 5.56 Å². The lowest BCUT2D eigenvalue weighted by atomic mass is 10.2. The van der Waals surface area contributed by atoms with E-state index in [1.165, 1.54) is 35.2 Å². The van der Waals surface area contributed by atoms with Crippen LogP contribution in [0.5, 0.6) is 0 Å². The van der Waals surface area contributed by atoms with Crippen LogP contribution < -0.4 is 14.5 Å². The molecule has 10 heteroatoms. The number of hydrogen-bond donors (Lipinski definition) is 1. The molecule has 3 aromatic carbocycles. The maximum absolute atomic E-state index is 13.6. The molecule has 1 aliphatic heterocycles. The maximum Gasteiger partial charge on any atom is 0.264 e. The lowest BCUT2D eigenvalue weighted by Crippen LogP contribution is -2.48. The van der Waals surface area contributed by atoms with Crippen LogP contribution >= 0.6 is 23.2 Å². The molecule has 4 rings (SSSR count). The topological polar surface area (TPSA) is 86.8 Å². The Balaban J connectivity index is 1.77. The molecule has 0 aliphatic carbocycles. The number of nitrogens with one attached hydrogen (secondary N) is 1. The SMILES string of the molecule is Cc1ccc(S(=O)(=O)N(CC(=O)N2CC(=O)Nc3ccccc32)c2cc(Cl)cc(Cl)c2)cc1. The second-order valence-electron chi connectivity index (χ2n) is 7.50. The van der Waals surface area contributed by atoms with Crippen LogP contribution in [-0.2, 0) is 19.6 Å². The van der Waals surface area contributed by atoms with Gasteiger partial charge in [-0.3, -0.25) is 18.8 Å². The average molecular weight is 504 g/mol. The van der Waals surface area contributed by atoms with Gasteiger partial charge in [-0.05, 0) is 49.4 Å². The molecule has 0 unspecified atom stereocenters. The van der Waals surface area contributed by atoms with Crippen molar-refractivity contribution in [3.63, 3.8) is 0 Å². The monoisotopic (exact) mass is 503 g/mol. The van der Waals surface area contributed by atoms with Crippen LogP contribution in [-0.4, -0.2) is 33.3 Å². The van der Waals surface area contributed by atoms with Gasteiger partial charge in [0.2, 0.25) is 11.8 Å².